The predicted molar refractivity (Wildman–Crippen MR) is 316 cm³/mol. The molecule has 2 aromatic heterocycles. The SMILES string of the molecule is CC(C)c1ccc2c(c1)C(C)(C)c1cc(-c3nc(-c4cccc5ccccc45)nc(-c4cccc5cc(CC(C)c6nc(-c7ccc(-c8ccccc8)cc7)nc(-c7ccc(-c8ccccc8)cc7)n6)ccc45)n3)ccc1-2. The maximum atomic E-state index is 5.36. The third-order valence-corrected chi connectivity index (χ3v) is 15.6. The van der Waals surface area contributed by atoms with Crippen LogP contribution >= 0.6 is 0 Å². The van der Waals surface area contributed by atoms with Gasteiger partial charge in [-0.15, -0.1) is 0 Å². The molecule has 1 atom stereocenters. The third-order valence-electron chi connectivity index (χ3n) is 15.6. The van der Waals surface area contributed by atoms with Gasteiger partial charge in [-0.25, -0.2) is 29.9 Å². The lowest BCUT2D eigenvalue weighted by molar-refractivity contribution is 0.658. The lowest BCUT2D eigenvalue weighted by atomic mass is 9.81. The molecule has 77 heavy (non-hydrogen) atoms. The molecule has 1 unspecified atom stereocenters. The third kappa shape index (κ3) is 8.95. The van der Waals surface area contributed by atoms with Gasteiger partial charge in [0.1, 0.15) is 5.82 Å². The number of hydrogen-bond acceptors (Lipinski definition) is 6. The molecule has 13 rings (SSSR count). The Hall–Kier alpha value is -9.26. The number of rotatable bonds is 11. The van der Waals surface area contributed by atoms with E-state index in [1.807, 2.05) is 12.1 Å². The number of hydrogen-bond donors (Lipinski definition) is 0. The molecular formula is C71H56N6. The molecule has 6 heteroatoms. The Morgan fingerprint density at radius 2 is 0.792 bits per heavy atom. The zero-order valence-corrected chi connectivity index (χ0v) is 43.9. The molecular weight excluding hydrogens is 937 g/mol. The van der Waals surface area contributed by atoms with Gasteiger partial charge in [-0.1, -0.05) is 253 Å². The summed E-state index contributed by atoms with van der Waals surface area (Å²) in [6.07, 6.45) is 0.724. The van der Waals surface area contributed by atoms with Crippen molar-refractivity contribution in [2.45, 2.75) is 58.3 Å². The van der Waals surface area contributed by atoms with Crippen LogP contribution in [0.15, 0.2) is 224 Å². The summed E-state index contributed by atoms with van der Waals surface area (Å²) < 4.78 is 0. The van der Waals surface area contributed by atoms with Crippen LogP contribution in [0.5, 0.6) is 0 Å². The molecule has 1 aliphatic rings. The number of benzene rings is 10. The Balaban J connectivity index is 0.863. The first-order valence-corrected chi connectivity index (χ1v) is 26.7. The fourth-order valence-electron chi connectivity index (χ4n) is 11.3. The average Bonchev–Trinajstić information content (AvgIpc) is 3.72. The average molecular weight is 993 g/mol. The zero-order valence-electron chi connectivity index (χ0n) is 43.9. The highest BCUT2D eigenvalue weighted by molar-refractivity contribution is 5.98. The van der Waals surface area contributed by atoms with Crippen molar-refractivity contribution in [1.29, 1.82) is 0 Å². The Morgan fingerprint density at radius 3 is 1.40 bits per heavy atom. The zero-order chi connectivity index (χ0) is 52.2. The molecule has 370 valence electrons. The van der Waals surface area contributed by atoms with Crippen molar-refractivity contribution in [3.8, 4) is 90.3 Å². The number of nitrogens with zero attached hydrogens (tertiary/aromatic N) is 6. The van der Waals surface area contributed by atoms with Crippen LogP contribution in [0.2, 0.25) is 0 Å². The van der Waals surface area contributed by atoms with Crippen molar-refractivity contribution in [3.63, 3.8) is 0 Å². The summed E-state index contributed by atoms with van der Waals surface area (Å²) in [4.78, 5) is 31.5. The molecule has 0 fully saturated rings. The van der Waals surface area contributed by atoms with Crippen molar-refractivity contribution in [2.75, 3.05) is 0 Å². The first kappa shape index (κ1) is 47.5. The maximum Gasteiger partial charge on any atom is 0.164 e. The van der Waals surface area contributed by atoms with Crippen molar-refractivity contribution < 1.29 is 0 Å². The van der Waals surface area contributed by atoms with E-state index in [2.05, 4.69) is 247 Å². The molecule has 2 heterocycles. The molecule has 0 amide bonds. The van der Waals surface area contributed by atoms with Gasteiger partial charge in [-0.2, -0.15) is 0 Å². The van der Waals surface area contributed by atoms with Gasteiger partial charge in [0.25, 0.3) is 0 Å². The van der Waals surface area contributed by atoms with Crippen LogP contribution in [0.4, 0.5) is 0 Å². The fourth-order valence-corrected chi connectivity index (χ4v) is 11.3. The lowest BCUT2D eigenvalue weighted by Crippen LogP contribution is -2.15. The summed E-state index contributed by atoms with van der Waals surface area (Å²) in [6.45, 7) is 11.4. The van der Waals surface area contributed by atoms with Gasteiger partial charge in [-0.05, 0) is 95.6 Å². The summed E-state index contributed by atoms with van der Waals surface area (Å²) >= 11 is 0. The normalized spacial score (nSPS) is 13.0. The molecule has 0 aliphatic heterocycles. The standard InChI is InChI=1S/C71H56N6/c1-44(2)54-35-38-59-60-39-36-56(43-64(60)71(4,5)63(59)42-54)68-75-69(61-24-14-21-51-20-12-13-23-57(51)61)77-70(76-68)62-25-15-22-55-41-46(26-37-58(55)62)40-45(3)65-72-66(52-31-27-49(28-32-52)47-16-8-6-9-17-47)74-67(73-65)53-33-29-50(30-34-53)48-18-10-7-11-19-48/h6-39,41-45H,40H2,1-5H3. The largest absolute Gasteiger partial charge is 0.213 e. The van der Waals surface area contributed by atoms with Gasteiger partial charge in [0.15, 0.2) is 29.1 Å². The predicted octanol–water partition coefficient (Wildman–Crippen LogP) is 17.8. The van der Waals surface area contributed by atoms with E-state index in [9.17, 15) is 0 Å². The summed E-state index contributed by atoms with van der Waals surface area (Å²) in [6, 6.07) is 79.7. The van der Waals surface area contributed by atoms with Crippen LogP contribution in [0.3, 0.4) is 0 Å². The molecule has 0 radical (unpaired) electrons. The molecule has 6 nitrogen and oxygen atoms in total. The van der Waals surface area contributed by atoms with Crippen molar-refractivity contribution >= 4 is 21.5 Å². The Bertz CT molecular complexity index is 4080. The molecule has 0 spiro atoms. The minimum Gasteiger partial charge on any atom is -0.213 e. The molecule has 10 aromatic carbocycles. The number of fused-ring (bicyclic) bond motifs is 5. The van der Waals surface area contributed by atoms with E-state index in [1.165, 1.54) is 44.5 Å². The van der Waals surface area contributed by atoms with Gasteiger partial charge < -0.3 is 0 Å². The van der Waals surface area contributed by atoms with Crippen molar-refractivity contribution in [1.82, 2.24) is 29.9 Å². The van der Waals surface area contributed by atoms with E-state index in [4.69, 9.17) is 29.9 Å². The Morgan fingerprint density at radius 1 is 0.338 bits per heavy atom. The van der Waals surface area contributed by atoms with Crippen molar-refractivity contribution in [3.05, 3.63) is 253 Å². The Kier molecular flexibility index (Phi) is 12.0. The van der Waals surface area contributed by atoms with Crippen LogP contribution < -0.4 is 0 Å². The van der Waals surface area contributed by atoms with E-state index in [1.54, 1.807) is 0 Å². The van der Waals surface area contributed by atoms with Crippen LogP contribution in [-0.4, -0.2) is 29.9 Å². The summed E-state index contributed by atoms with van der Waals surface area (Å²) in [7, 11) is 0. The van der Waals surface area contributed by atoms with Gasteiger partial charge in [0, 0.05) is 39.2 Å². The molecule has 0 saturated heterocycles. The van der Waals surface area contributed by atoms with E-state index in [0.717, 1.165) is 72.7 Å². The second kappa shape index (κ2) is 19.5. The fraction of sp³-hybridized carbons (Fsp3) is 0.127. The summed E-state index contributed by atoms with van der Waals surface area (Å²) in [5.41, 5.74) is 17.0. The smallest absolute Gasteiger partial charge is 0.164 e. The minimum atomic E-state index is -0.191. The molecule has 0 N–H and O–H groups in total. The second-order valence-corrected chi connectivity index (χ2v) is 21.4. The van der Waals surface area contributed by atoms with Crippen LogP contribution in [0.25, 0.3) is 112 Å². The molecule has 0 saturated carbocycles. The Labute approximate surface area is 450 Å². The van der Waals surface area contributed by atoms with E-state index in [0.29, 0.717) is 35.0 Å². The highest BCUT2D eigenvalue weighted by Gasteiger charge is 2.36. The van der Waals surface area contributed by atoms with Gasteiger partial charge in [-0.3, -0.25) is 0 Å². The molecule has 0 bridgehead atoms. The van der Waals surface area contributed by atoms with Crippen LogP contribution in [0, 0.1) is 0 Å². The van der Waals surface area contributed by atoms with Gasteiger partial charge in [0.2, 0.25) is 0 Å². The van der Waals surface area contributed by atoms with E-state index < -0.39 is 0 Å². The molecule has 1 aliphatic carbocycles. The van der Waals surface area contributed by atoms with Crippen LogP contribution in [-0.2, 0) is 11.8 Å². The minimum absolute atomic E-state index is 0.0278. The quantitative estimate of drug-likeness (QED) is 0.128. The highest BCUT2D eigenvalue weighted by Crippen LogP contribution is 2.50. The first-order chi connectivity index (χ1) is 37.6. The van der Waals surface area contributed by atoms with Crippen LogP contribution in [0.1, 0.15) is 74.5 Å². The van der Waals surface area contributed by atoms with Crippen molar-refractivity contribution in [2.24, 2.45) is 0 Å². The highest BCUT2D eigenvalue weighted by atomic mass is 15.0. The molecule has 12 aromatic rings. The first-order valence-electron chi connectivity index (χ1n) is 26.7. The van der Waals surface area contributed by atoms with E-state index >= 15 is 0 Å². The maximum absolute atomic E-state index is 5.36. The van der Waals surface area contributed by atoms with Gasteiger partial charge >= 0.3 is 0 Å². The monoisotopic (exact) mass is 992 g/mol. The number of aromatic nitrogens is 6. The second-order valence-electron chi connectivity index (χ2n) is 21.4. The van der Waals surface area contributed by atoms with Gasteiger partial charge in [0.05, 0.1) is 0 Å². The van der Waals surface area contributed by atoms with E-state index in [-0.39, 0.29) is 11.3 Å². The lowest BCUT2D eigenvalue weighted by Gasteiger charge is -2.23. The topological polar surface area (TPSA) is 77.3 Å². The summed E-state index contributed by atoms with van der Waals surface area (Å²) in [5, 5.41) is 4.41. The summed E-state index contributed by atoms with van der Waals surface area (Å²) in [5.74, 6) is 4.40.